The Hall–Kier alpha value is -2.50. The van der Waals surface area contributed by atoms with Crippen LogP contribution in [0.5, 0.6) is 0 Å². The minimum absolute atomic E-state index is 0.114. The molecule has 2 rings (SSSR count). The van der Waals surface area contributed by atoms with Crippen molar-refractivity contribution in [2.45, 2.75) is 19.5 Å². The molecule has 0 radical (unpaired) electrons. The molecule has 2 N–H and O–H groups in total. The van der Waals surface area contributed by atoms with Crippen LogP contribution >= 0.6 is 0 Å². The number of aryl methyl sites for hydroxylation is 1. The SMILES string of the molecule is CCc1ccc(NC(=O)CNc2cccc(C(F)(F)F)c2)cc1. The molecule has 0 aliphatic carbocycles. The monoisotopic (exact) mass is 322 g/mol. The average Bonchev–Trinajstić information content (AvgIpc) is 2.53. The molecule has 0 fully saturated rings. The van der Waals surface area contributed by atoms with Crippen molar-refractivity contribution in [2.75, 3.05) is 17.2 Å². The number of rotatable bonds is 5. The van der Waals surface area contributed by atoms with Gasteiger partial charge in [0.05, 0.1) is 12.1 Å². The van der Waals surface area contributed by atoms with Crippen LogP contribution < -0.4 is 10.6 Å². The van der Waals surface area contributed by atoms with E-state index in [0.717, 1.165) is 24.1 Å². The molecule has 122 valence electrons. The highest BCUT2D eigenvalue weighted by atomic mass is 19.4. The minimum Gasteiger partial charge on any atom is -0.376 e. The third-order valence-electron chi connectivity index (χ3n) is 3.29. The Bertz CT molecular complexity index is 666. The highest BCUT2D eigenvalue weighted by Crippen LogP contribution is 2.30. The van der Waals surface area contributed by atoms with Crippen molar-refractivity contribution < 1.29 is 18.0 Å². The summed E-state index contributed by atoms with van der Waals surface area (Å²) in [5.41, 5.74) is 1.30. The zero-order chi connectivity index (χ0) is 16.9. The Morgan fingerprint density at radius 2 is 1.74 bits per heavy atom. The molecule has 0 saturated carbocycles. The van der Waals surface area contributed by atoms with Gasteiger partial charge >= 0.3 is 6.18 Å². The van der Waals surface area contributed by atoms with Gasteiger partial charge in [-0.25, -0.2) is 0 Å². The molecular formula is C17H17F3N2O. The van der Waals surface area contributed by atoms with Crippen LogP contribution in [0.3, 0.4) is 0 Å². The summed E-state index contributed by atoms with van der Waals surface area (Å²) < 4.78 is 37.8. The van der Waals surface area contributed by atoms with E-state index in [1.807, 2.05) is 19.1 Å². The summed E-state index contributed by atoms with van der Waals surface area (Å²) >= 11 is 0. The van der Waals surface area contributed by atoms with Crippen LogP contribution in [-0.2, 0) is 17.4 Å². The summed E-state index contributed by atoms with van der Waals surface area (Å²) in [4.78, 5) is 11.8. The topological polar surface area (TPSA) is 41.1 Å². The smallest absolute Gasteiger partial charge is 0.376 e. The van der Waals surface area contributed by atoms with Gasteiger partial charge in [0, 0.05) is 11.4 Å². The van der Waals surface area contributed by atoms with Crippen LogP contribution in [0.1, 0.15) is 18.1 Å². The molecule has 2 aromatic rings. The first-order valence-corrected chi connectivity index (χ1v) is 7.18. The van der Waals surface area contributed by atoms with Crippen molar-refractivity contribution in [3.63, 3.8) is 0 Å². The standard InChI is InChI=1S/C17H17F3N2O/c1-2-12-6-8-14(9-7-12)22-16(23)11-21-15-5-3-4-13(10-15)17(18,19)20/h3-10,21H,2,11H2,1H3,(H,22,23). The first kappa shape index (κ1) is 16.9. The van der Waals surface area contributed by atoms with E-state index < -0.39 is 11.7 Å². The van der Waals surface area contributed by atoms with Crippen LogP contribution in [0, 0.1) is 0 Å². The second kappa shape index (κ2) is 7.17. The second-order valence-electron chi connectivity index (χ2n) is 5.03. The fraction of sp³-hybridized carbons (Fsp3) is 0.235. The minimum atomic E-state index is -4.40. The number of amides is 1. The van der Waals surface area contributed by atoms with Gasteiger partial charge in [-0.3, -0.25) is 4.79 Å². The van der Waals surface area contributed by atoms with Gasteiger partial charge < -0.3 is 10.6 Å². The van der Waals surface area contributed by atoms with Gasteiger partial charge in [-0.15, -0.1) is 0 Å². The number of nitrogens with one attached hydrogen (secondary N) is 2. The van der Waals surface area contributed by atoms with Gasteiger partial charge in [-0.2, -0.15) is 13.2 Å². The quantitative estimate of drug-likeness (QED) is 0.861. The lowest BCUT2D eigenvalue weighted by Gasteiger charge is -2.11. The van der Waals surface area contributed by atoms with Gasteiger partial charge in [0.1, 0.15) is 0 Å². The van der Waals surface area contributed by atoms with Crippen molar-refractivity contribution in [1.82, 2.24) is 0 Å². The molecule has 3 nitrogen and oxygen atoms in total. The van der Waals surface area contributed by atoms with Crippen LogP contribution in [0.2, 0.25) is 0 Å². The van der Waals surface area contributed by atoms with Crippen molar-refractivity contribution in [3.8, 4) is 0 Å². The van der Waals surface area contributed by atoms with Crippen molar-refractivity contribution >= 4 is 17.3 Å². The Kier molecular flexibility index (Phi) is 5.26. The number of hydrogen-bond acceptors (Lipinski definition) is 2. The van der Waals surface area contributed by atoms with Crippen LogP contribution in [0.15, 0.2) is 48.5 Å². The molecule has 0 spiro atoms. The van der Waals surface area contributed by atoms with Gasteiger partial charge in [-0.1, -0.05) is 25.1 Å². The first-order chi connectivity index (χ1) is 10.9. The maximum Gasteiger partial charge on any atom is 0.416 e. The number of carbonyl (C=O) groups excluding carboxylic acids is 1. The zero-order valence-electron chi connectivity index (χ0n) is 12.6. The maximum absolute atomic E-state index is 12.6. The second-order valence-corrected chi connectivity index (χ2v) is 5.03. The van der Waals surface area contributed by atoms with Gasteiger partial charge in [-0.05, 0) is 42.3 Å². The molecule has 0 atom stereocenters. The normalized spacial score (nSPS) is 11.1. The molecule has 0 unspecified atom stereocenters. The average molecular weight is 322 g/mol. The van der Waals surface area contributed by atoms with Crippen LogP contribution in [-0.4, -0.2) is 12.5 Å². The third kappa shape index (κ3) is 5.02. The number of carbonyl (C=O) groups is 1. The fourth-order valence-electron chi connectivity index (χ4n) is 2.02. The fourth-order valence-corrected chi connectivity index (χ4v) is 2.02. The third-order valence-corrected chi connectivity index (χ3v) is 3.29. The Balaban J connectivity index is 1.91. The highest BCUT2D eigenvalue weighted by molar-refractivity contribution is 5.93. The highest BCUT2D eigenvalue weighted by Gasteiger charge is 2.30. The summed E-state index contributed by atoms with van der Waals surface area (Å²) in [5, 5.41) is 5.37. The number of benzene rings is 2. The number of hydrogen-bond donors (Lipinski definition) is 2. The maximum atomic E-state index is 12.6. The largest absolute Gasteiger partial charge is 0.416 e. The Labute approximate surface area is 132 Å². The summed E-state index contributed by atoms with van der Waals surface area (Å²) in [6, 6.07) is 12.2. The number of anilines is 2. The van der Waals surface area contributed by atoms with Crippen molar-refractivity contribution in [1.29, 1.82) is 0 Å². The van der Waals surface area contributed by atoms with E-state index in [1.54, 1.807) is 12.1 Å². The van der Waals surface area contributed by atoms with E-state index in [9.17, 15) is 18.0 Å². The van der Waals surface area contributed by atoms with E-state index in [0.29, 0.717) is 5.69 Å². The van der Waals surface area contributed by atoms with E-state index >= 15 is 0 Å². The van der Waals surface area contributed by atoms with E-state index in [4.69, 9.17) is 0 Å². The number of halogens is 3. The lowest BCUT2D eigenvalue weighted by atomic mass is 10.1. The summed E-state index contributed by atoms with van der Waals surface area (Å²) in [7, 11) is 0. The van der Waals surface area contributed by atoms with E-state index in [2.05, 4.69) is 10.6 Å². The zero-order valence-corrected chi connectivity index (χ0v) is 12.6. The predicted molar refractivity (Wildman–Crippen MR) is 84.4 cm³/mol. The van der Waals surface area contributed by atoms with Crippen molar-refractivity contribution in [3.05, 3.63) is 59.7 Å². The van der Waals surface area contributed by atoms with Crippen LogP contribution in [0.25, 0.3) is 0 Å². The molecule has 2 aromatic carbocycles. The van der Waals surface area contributed by atoms with Crippen LogP contribution in [0.4, 0.5) is 24.5 Å². The molecule has 0 heterocycles. The van der Waals surface area contributed by atoms with E-state index in [1.165, 1.54) is 12.1 Å². The number of alkyl halides is 3. The molecule has 0 bridgehead atoms. The Morgan fingerprint density at radius 1 is 1.04 bits per heavy atom. The molecule has 6 heteroatoms. The summed E-state index contributed by atoms with van der Waals surface area (Å²) in [6.07, 6.45) is -3.49. The summed E-state index contributed by atoms with van der Waals surface area (Å²) in [5.74, 6) is -0.327. The lowest BCUT2D eigenvalue weighted by Crippen LogP contribution is -2.21. The molecule has 0 aromatic heterocycles. The molecule has 23 heavy (non-hydrogen) atoms. The Morgan fingerprint density at radius 3 is 2.35 bits per heavy atom. The molecule has 0 aliphatic heterocycles. The lowest BCUT2D eigenvalue weighted by molar-refractivity contribution is -0.137. The van der Waals surface area contributed by atoms with Crippen molar-refractivity contribution in [2.24, 2.45) is 0 Å². The molecule has 0 saturated heterocycles. The van der Waals surface area contributed by atoms with E-state index in [-0.39, 0.29) is 18.1 Å². The predicted octanol–water partition coefficient (Wildman–Crippen LogP) is 4.32. The molecule has 1 amide bonds. The van der Waals surface area contributed by atoms with Gasteiger partial charge in [0.2, 0.25) is 5.91 Å². The molecule has 0 aliphatic rings. The first-order valence-electron chi connectivity index (χ1n) is 7.18. The summed E-state index contributed by atoms with van der Waals surface area (Å²) in [6.45, 7) is 1.92. The van der Waals surface area contributed by atoms with Gasteiger partial charge in [0.15, 0.2) is 0 Å². The molecular weight excluding hydrogens is 305 g/mol. The van der Waals surface area contributed by atoms with Gasteiger partial charge in [0.25, 0.3) is 0 Å².